The smallest absolute Gasteiger partial charge is 0.212 e. The predicted octanol–water partition coefficient (Wildman–Crippen LogP) is 3.11. The van der Waals surface area contributed by atoms with Crippen LogP contribution < -0.4 is 11.1 Å². The zero-order chi connectivity index (χ0) is 17.8. The molecule has 25 heavy (non-hydrogen) atoms. The number of anilines is 2. The molecule has 0 saturated heterocycles. The van der Waals surface area contributed by atoms with Crippen molar-refractivity contribution in [3.05, 3.63) is 66.0 Å². The van der Waals surface area contributed by atoms with Gasteiger partial charge in [0.2, 0.25) is 5.95 Å². The molecule has 0 radical (unpaired) electrons. The number of aromatic nitrogens is 3. The molecule has 3 rings (SSSR count). The molecule has 126 valence electrons. The molecule has 0 atom stereocenters. The first kappa shape index (κ1) is 16.5. The second kappa shape index (κ2) is 7.04. The van der Waals surface area contributed by atoms with E-state index in [9.17, 15) is 4.39 Å². The minimum absolute atomic E-state index is 0.191. The Morgan fingerprint density at radius 2 is 2.04 bits per heavy atom. The minimum Gasteiger partial charge on any atom is -0.397 e. The van der Waals surface area contributed by atoms with Crippen molar-refractivity contribution in [3.63, 3.8) is 0 Å². The second-order valence-electron chi connectivity index (χ2n) is 5.34. The van der Waals surface area contributed by atoms with Gasteiger partial charge in [0.15, 0.2) is 0 Å². The van der Waals surface area contributed by atoms with Crippen LogP contribution in [0.5, 0.6) is 0 Å². The zero-order valence-corrected chi connectivity index (χ0v) is 13.6. The van der Waals surface area contributed by atoms with Crippen LogP contribution in [-0.2, 0) is 0 Å². The Morgan fingerprint density at radius 1 is 1.20 bits per heavy atom. The Bertz CT molecular complexity index is 908. The van der Waals surface area contributed by atoms with E-state index in [0.29, 0.717) is 34.0 Å². The largest absolute Gasteiger partial charge is 0.397 e. The van der Waals surface area contributed by atoms with Crippen LogP contribution in [0.3, 0.4) is 0 Å². The van der Waals surface area contributed by atoms with E-state index in [-0.39, 0.29) is 5.71 Å². The lowest BCUT2D eigenvalue weighted by atomic mass is 10.0. The number of rotatable bonds is 5. The normalized spacial score (nSPS) is 10.5. The number of nitrogens with zero attached hydrogens (tertiary/aromatic N) is 3. The molecule has 0 bridgehead atoms. The lowest BCUT2D eigenvalue weighted by Crippen LogP contribution is -2.10. The number of halogens is 1. The minimum atomic E-state index is -0.559. The molecular formula is C18H17FN6. The van der Waals surface area contributed by atoms with Crippen molar-refractivity contribution in [3.8, 4) is 11.3 Å². The lowest BCUT2D eigenvalue weighted by Gasteiger charge is -2.10. The number of nitrogen functional groups attached to an aromatic ring is 1. The highest BCUT2D eigenvalue weighted by Gasteiger charge is 2.13. The van der Waals surface area contributed by atoms with Gasteiger partial charge in [-0.05, 0) is 37.3 Å². The summed E-state index contributed by atoms with van der Waals surface area (Å²) in [5.74, 6) is 0.136. The van der Waals surface area contributed by atoms with Gasteiger partial charge in [-0.1, -0.05) is 6.07 Å². The van der Waals surface area contributed by atoms with Crippen LogP contribution in [0.25, 0.3) is 11.3 Å². The van der Waals surface area contributed by atoms with Gasteiger partial charge in [-0.15, -0.1) is 0 Å². The third-order valence-corrected chi connectivity index (χ3v) is 3.59. The molecule has 0 saturated carbocycles. The van der Waals surface area contributed by atoms with Gasteiger partial charge in [-0.25, -0.2) is 9.97 Å². The van der Waals surface area contributed by atoms with E-state index in [1.54, 1.807) is 18.2 Å². The number of pyridine rings is 3. The quantitative estimate of drug-likeness (QED) is 0.491. The third kappa shape index (κ3) is 3.60. The topological polar surface area (TPSA) is 101 Å². The molecule has 0 unspecified atom stereocenters. The van der Waals surface area contributed by atoms with Gasteiger partial charge in [0, 0.05) is 23.9 Å². The maximum Gasteiger partial charge on any atom is 0.212 e. The highest BCUT2D eigenvalue weighted by atomic mass is 19.1. The lowest BCUT2D eigenvalue weighted by molar-refractivity contribution is 0.584. The molecule has 0 aromatic carbocycles. The van der Waals surface area contributed by atoms with Crippen molar-refractivity contribution >= 4 is 17.2 Å². The zero-order valence-electron chi connectivity index (χ0n) is 13.6. The van der Waals surface area contributed by atoms with Gasteiger partial charge >= 0.3 is 0 Å². The third-order valence-electron chi connectivity index (χ3n) is 3.59. The Hall–Kier alpha value is -3.35. The van der Waals surface area contributed by atoms with Crippen LogP contribution in [0.2, 0.25) is 0 Å². The highest BCUT2D eigenvalue weighted by molar-refractivity contribution is 6.13. The van der Waals surface area contributed by atoms with E-state index in [0.717, 1.165) is 6.54 Å². The summed E-state index contributed by atoms with van der Waals surface area (Å²) in [5, 5.41) is 11.6. The fourth-order valence-electron chi connectivity index (χ4n) is 2.36. The van der Waals surface area contributed by atoms with Crippen LogP contribution in [0.4, 0.5) is 15.9 Å². The first-order chi connectivity index (χ1) is 12.1. The van der Waals surface area contributed by atoms with Gasteiger partial charge in [-0.3, -0.25) is 10.4 Å². The molecule has 7 heteroatoms. The molecule has 0 fully saturated rings. The van der Waals surface area contributed by atoms with Gasteiger partial charge < -0.3 is 11.1 Å². The highest BCUT2D eigenvalue weighted by Crippen LogP contribution is 2.23. The van der Waals surface area contributed by atoms with E-state index in [1.165, 1.54) is 18.5 Å². The SMILES string of the molecule is CCNc1cccc(C(=N)c2cc(-c3ccc(F)nc3)ncc2N)n1. The monoisotopic (exact) mass is 336 g/mol. The first-order valence-corrected chi connectivity index (χ1v) is 7.76. The number of hydrogen-bond acceptors (Lipinski definition) is 6. The summed E-state index contributed by atoms with van der Waals surface area (Å²) in [4.78, 5) is 12.3. The predicted molar refractivity (Wildman–Crippen MR) is 96.2 cm³/mol. The van der Waals surface area contributed by atoms with Crippen LogP contribution in [0, 0.1) is 11.4 Å². The Balaban J connectivity index is 1.98. The molecule has 0 amide bonds. The summed E-state index contributed by atoms with van der Waals surface area (Å²) in [6, 6.07) is 9.96. The molecule has 6 nitrogen and oxygen atoms in total. The Morgan fingerprint density at radius 3 is 2.76 bits per heavy atom. The summed E-state index contributed by atoms with van der Waals surface area (Å²) < 4.78 is 13.0. The standard InChI is InChI=1S/C18H17FN6/c1-2-22-17-5-3-4-14(25-17)18(21)12-8-15(23-10-13(12)20)11-6-7-16(19)24-9-11/h3-10,21H,2,20H2,1H3,(H,22,25). The average molecular weight is 336 g/mol. The van der Waals surface area contributed by atoms with Gasteiger partial charge in [-0.2, -0.15) is 4.39 Å². The summed E-state index contributed by atoms with van der Waals surface area (Å²) in [5.41, 5.74) is 8.78. The van der Waals surface area contributed by atoms with E-state index in [4.69, 9.17) is 11.1 Å². The van der Waals surface area contributed by atoms with Crippen LogP contribution >= 0.6 is 0 Å². The van der Waals surface area contributed by atoms with Gasteiger partial charge in [0.05, 0.1) is 29.0 Å². The van der Waals surface area contributed by atoms with E-state index in [2.05, 4.69) is 20.3 Å². The average Bonchev–Trinajstić information content (AvgIpc) is 2.63. The number of nitrogens with two attached hydrogens (primary N) is 1. The van der Waals surface area contributed by atoms with Crippen LogP contribution in [0.1, 0.15) is 18.2 Å². The molecule has 3 heterocycles. The van der Waals surface area contributed by atoms with Crippen molar-refractivity contribution < 1.29 is 4.39 Å². The molecule has 0 aliphatic heterocycles. The molecule has 3 aromatic rings. The molecule has 0 spiro atoms. The fraction of sp³-hybridized carbons (Fsp3) is 0.111. The van der Waals surface area contributed by atoms with Crippen molar-refractivity contribution in [2.45, 2.75) is 6.92 Å². The van der Waals surface area contributed by atoms with Crippen molar-refractivity contribution in [1.82, 2.24) is 15.0 Å². The van der Waals surface area contributed by atoms with E-state index in [1.807, 2.05) is 19.1 Å². The molecule has 0 aliphatic carbocycles. The number of nitrogens with one attached hydrogen (secondary N) is 2. The molecule has 4 N–H and O–H groups in total. The van der Waals surface area contributed by atoms with Crippen molar-refractivity contribution in [2.24, 2.45) is 0 Å². The van der Waals surface area contributed by atoms with Crippen molar-refractivity contribution in [2.75, 3.05) is 17.6 Å². The van der Waals surface area contributed by atoms with Gasteiger partial charge in [0.25, 0.3) is 0 Å². The Kier molecular flexibility index (Phi) is 4.65. The fourth-order valence-corrected chi connectivity index (χ4v) is 2.36. The van der Waals surface area contributed by atoms with E-state index >= 15 is 0 Å². The maximum absolute atomic E-state index is 13.0. The first-order valence-electron chi connectivity index (χ1n) is 7.76. The van der Waals surface area contributed by atoms with Crippen molar-refractivity contribution in [1.29, 1.82) is 5.41 Å². The molecule has 0 aliphatic rings. The summed E-state index contributed by atoms with van der Waals surface area (Å²) >= 11 is 0. The summed E-state index contributed by atoms with van der Waals surface area (Å²) in [6.45, 7) is 2.71. The molecular weight excluding hydrogens is 319 g/mol. The molecule has 3 aromatic heterocycles. The summed E-state index contributed by atoms with van der Waals surface area (Å²) in [6.07, 6.45) is 2.88. The second-order valence-corrected chi connectivity index (χ2v) is 5.34. The number of hydrogen-bond donors (Lipinski definition) is 3. The van der Waals surface area contributed by atoms with Crippen LogP contribution in [0.15, 0.2) is 48.8 Å². The van der Waals surface area contributed by atoms with Gasteiger partial charge in [0.1, 0.15) is 5.82 Å². The van der Waals surface area contributed by atoms with Crippen LogP contribution in [-0.4, -0.2) is 27.2 Å². The Labute approximate surface area is 144 Å². The van der Waals surface area contributed by atoms with E-state index < -0.39 is 5.95 Å². The summed E-state index contributed by atoms with van der Waals surface area (Å²) in [7, 11) is 0. The maximum atomic E-state index is 13.0.